The summed E-state index contributed by atoms with van der Waals surface area (Å²) in [6.45, 7) is 16.8. The van der Waals surface area contributed by atoms with Crippen LogP contribution in [0.4, 0.5) is 0 Å². The highest BCUT2D eigenvalue weighted by atomic mass is 14.4. The van der Waals surface area contributed by atoms with E-state index in [9.17, 15) is 0 Å². The third-order valence-corrected chi connectivity index (χ3v) is 5.22. The number of hydrogen-bond donors (Lipinski definition) is 0. The molecule has 0 fully saturated rings. The molecular weight excluding hydrogens is 216 g/mol. The minimum Gasteiger partial charge on any atom is -0.0847 e. The summed E-state index contributed by atoms with van der Waals surface area (Å²) < 4.78 is 0. The first kappa shape index (κ1) is 15.8. The van der Waals surface area contributed by atoms with Crippen LogP contribution in [0, 0.1) is 35.5 Å². The van der Waals surface area contributed by atoms with Crippen LogP contribution < -0.4 is 0 Å². The summed E-state index contributed by atoms with van der Waals surface area (Å²) in [6.07, 6.45) is 6.55. The van der Waals surface area contributed by atoms with Crippen LogP contribution in [0.5, 0.6) is 0 Å². The van der Waals surface area contributed by atoms with Crippen molar-refractivity contribution < 1.29 is 0 Å². The highest BCUT2D eigenvalue weighted by Crippen LogP contribution is 2.43. The van der Waals surface area contributed by atoms with Gasteiger partial charge in [-0.05, 0) is 48.3 Å². The molecule has 0 bridgehead atoms. The summed E-state index contributed by atoms with van der Waals surface area (Å²) in [5, 5.41) is 0. The standard InChI is InChI=1S/C18H34/c1-8-17(13(4)5)18-10-9-16(11-12(2)3)14(6)15(18)7/h9,12-15,17-18H,8,10-11H2,1-7H3. The zero-order chi connectivity index (χ0) is 13.9. The molecule has 0 heteroatoms. The lowest BCUT2D eigenvalue weighted by molar-refractivity contribution is 0.142. The number of rotatable bonds is 5. The van der Waals surface area contributed by atoms with E-state index in [0.29, 0.717) is 0 Å². The van der Waals surface area contributed by atoms with Gasteiger partial charge >= 0.3 is 0 Å². The van der Waals surface area contributed by atoms with Crippen molar-refractivity contribution >= 4 is 0 Å². The summed E-state index contributed by atoms with van der Waals surface area (Å²) in [5.74, 6) is 5.08. The molecule has 0 saturated heterocycles. The minimum absolute atomic E-state index is 0.791. The second-order valence-corrected chi connectivity index (χ2v) is 7.24. The normalized spacial score (nSPS) is 30.7. The third-order valence-electron chi connectivity index (χ3n) is 5.22. The maximum absolute atomic E-state index is 2.58. The lowest BCUT2D eigenvalue weighted by Gasteiger charge is -2.41. The van der Waals surface area contributed by atoms with Gasteiger partial charge in [-0.15, -0.1) is 0 Å². The van der Waals surface area contributed by atoms with Gasteiger partial charge in [0.1, 0.15) is 0 Å². The van der Waals surface area contributed by atoms with E-state index in [-0.39, 0.29) is 0 Å². The lowest BCUT2D eigenvalue weighted by atomic mass is 9.65. The molecule has 4 atom stereocenters. The van der Waals surface area contributed by atoms with E-state index in [1.807, 2.05) is 0 Å². The predicted octanol–water partition coefficient (Wildman–Crippen LogP) is 5.93. The Morgan fingerprint density at radius 2 is 1.78 bits per heavy atom. The first-order chi connectivity index (χ1) is 8.38. The van der Waals surface area contributed by atoms with Crippen LogP contribution in [0.25, 0.3) is 0 Å². The van der Waals surface area contributed by atoms with E-state index in [2.05, 4.69) is 54.5 Å². The molecule has 0 heterocycles. The van der Waals surface area contributed by atoms with E-state index in [1.54, 1.807) is 5.57 Å². The molecule has 1 aliphatic carbocycles. The van der Waals surface area contributed by atoms with Crippen LogP contribution in [-0.4, -0.2) is 0 Å². The van der Waals surface area contributed by atoms with Crippen LogP contribution in [0.2, 0.25) is 0 Å². The molecule has 0 radical (unpaired) electrons. The van der Waals surface area contributed by atoms with Crippen molar-refractivity contribution in [1.82, 2.24) is 0 Å². The van der Waals surface area contributed by atoms with Gasteiger partial charge in [-0.3, -0.25) is 0 Å². The van der Waals surface area contributed by atoms with Crippen LogP contribution in [0.15, 0.2) is 11.6 Å². The maximum atomic E-state index is 2.58. The smallest absolute Gasteiger partial charge is 0.0203 e. The van der Waals surface area contributed by atoms with Gasteiger partial charge in [0.2, 0.25) is 0 Å². The van der Waals surface area contributed by atoms with Gasteiger partial charge in [-0.25, -0.2) is 0 Å². The van der Waals surface area contributed by atoms with Crippen molar-refractivity contribution in [2.75, 3.05) is 0 Å². The Labute approximate surface area is 115 Å². The highest BCUT2D eigenvalue weighted by Gasteiger charge is 2.34. The summed E-state index contributed by atoms with van der Waals surface area (Å²) in [5.41, 5.74) is 1.73. The molecule has 18 heavy (non-hydrogen) atoms. The van der Waals surface area contributed by atoms with Crippen molar-refractivity contribution in [3.8, 4) is 0 Å². The summed E-state index contributed by atoms with van der Waals surface area (Å²) in [4.78, 5) is 0. The SMILES string of the molecule is CCC(C(C)C)C1CC=C(CC(C)C)C(C)C1C. The molecule has 4 unspecified atom stereocenters. The van der Waals surface area contributed by atoms with Gasteiger partial charge in [0, 0.05) is 0 Å². The van der Waals surface area contributed by atoms with E-state index in [4.69, 9.17) is 0 Å². The maximum Gasteiger partial charge on any atom is -0.0203 e. The van der Waals surface area contributed by atoms with Crippen LogP contribution in [0.3, 0.4) is 0 Å². The van der Waals surface area contributed by atoms with Gasteiger partial charge in [0.25, 0.3) is 0 Å². The molecule has 0 nitrogen and oxygen atoms in total. The van der Waals surface area contributed by atoms with E-state index in [0.717, 1.165) is 35.5 Å². The molecule has 0 aliphatic heterocycles. The molecule has 0 N–H and O–H groups in total. The van der Waals surface area contributed by atoms with Gasteiger partial charge in [-0.2, -0.15) is 0 Å². The molecule has 106 valence electrons. The fourth-order valence-corrected chi connectivity index (χ4v) is 3.97. The lowest BCUT2D eigenvalue weighted by Crippen LogP contribution is -2.32. The molecule has 1 rings (SSSR count). The molecule has 0 aromatic heterocycles. The Hall–Kier alpha value is -0.260. The Bertz CT molecular complexity index is 272. The van der Waals surface area contributed by atoms with Crippen molar-refractivity contribution in [3.63, 3.8) is 0 Å². The van der Waals surface area contributed by atoms with E-state index in [1.165, 1.54) is 19.3 Å². The Balaban J connectivity index is 2.80. The van der Waals surface area contributed by atoms with Crippen LogP contribution in [0.1, 0.15) is 67.7 Å². The van der Waals surface area contributed by atoms with Gasteiger partial charge in [0.15, 0.2) is 0 Å². The molecule has 0 saturated carbocycles. The fraction of sp³-hybridized carbons (Fsp3) is 0.889. The van der Waals surface area contributed by atoms with E-state index < -0.39 is 0 Å². The minimum atomic E-state index is 0.791. The highest BCUT2D eigenvalue weighted by molar-refractivity contribution is 5.13. The molecule has 0 spiro atoms. The molecule has 0 aromatic carbocycles. The first-order valence-corrected chi connectivity index (χ1v) is 8.07. The van der Waals surface area contributed by atoms with Gasteiger partial charge in [0.05, 0.1) is 0 Å². The summed E-state index contributed by atoms with van der Waals surface area (Å²) in [6, 6.07) is 0. The van der Waals surface area contributed by atoms with Crippen molar-refractivity contribution in [2.24, 2.45) is 35.5 Å². The monoisotopic (exact) mass is 250 g/mol. The third kappa shape index (κ3) is 3.62. The number of allylic oxidation sites excluding steroid dienone is 2. The Morgan fingerprint density at radius 3 is 2.22 bits per heavy atom. The van der Waals surface area contributed by atoms with E-state index >= 15 is 0 Å². The van der Waals surface area contributed by atoms with Gasteiger partial charge in [-0.1, -0.05) is 66.5 Å². The van der Waals surface area contributed by atoms with Crippen molar-refractivity contribution in [2.45, 2.75) is 67.7 Å². The average Bonchev–Trinajstić information content (AvgIpc) is 2.28. The second-order valence-electron chi connectivity index (χ2n) is 7.24. The average molecular weight is 250 g/mol. The van der Waals surface area contributed by atoms with Crippen LogP contribution in [-0.2, 0) is 0 Å². The summed E-state index contributed by atoms with van der Waals surface area (Å²) in [7, 11) is 0. The van der Waals surface area contributed by atoms with Crippen LogP contribution >= 0.6 is 0 Å². The van der Waals surface area contributed by atoms with Crippen molar-refractivity contribution in [3.05, 3.63) is 11.6 Å². The molecular formula is C18H34. The quantitative estimate of drug-likeness (QED) is 0.530. The largest absolute Gasteiger partial charge is 0.0847 e. The zero-order valence-corrected chi connectivity index (χ0v) is 13.7. The first-order valence-electron chi connectivity index (χ1n) is 8.07. The molecule has 0 amide bonds. The molecule has 1 aliphatic rings. The topological polar surface area (TPSA) is 0 Å². The van der Waals surface area contributed by atoms with Gasteiger partial charge < -0.3 is 0 Å². The second kappa shape index (κ2) is 6.78. The van der Waals surface area contributed by atoms with Crippen molar-refractivity contribution in [1.29, 1.82) is 0 Å². The Kier molecular flexibility index (Phi) is 5.95. The number of hydrogen-bond acceptors (Lipinski definition) is 0. The Morgan fingerprint density at radius 1 is 1.17 bits per heavy atom. The molecule has 0 aromatic rings. The predicted molar refractivity (Wildman–Crippen MR) is 82.6 cm³/mol. The zero-order valence-electron chi connectivity index (χ0n) is 13.7. The summed E-state index contributed by atoms with van der Waals surface area (Å²) >= 11 is 0. The fourth-order valence-electron chi connectivity index (χ4n) is 3.97.